The number of hydrogen-bond acceptors (Lipinski definition) is 6. The van der Waals surface area contributed by atoms with Crippen molar-refractivity contribution >= 4 is 17.6 Å². The van der Waals surface area contributed by atoms with Gasteiger partial charge in [0.15, 0.2) is 0 Å². The zero-order valence-electron chi connectivity index (χ0n) is 9.84. The van der Waals surface area contributed by atoms with E-state index < -0.39 is 16.9 Å². The summed E-state index contributed by atoms with van der Waals surface area (Å²) in [6.07, 6.45) is 0. The molecule has 0 radical (unpaired) electrons. The highest BCUT2D eigenvalue weighted by atomic mass is 16.6. The van der Waals surface area contributed by atoms with Crippen molar-refractivity contribution in [1.82, 2.24) is 0 Å². The van der Waals surface area contributed by atoms with Crippen molar-refractivity contribution in [2.45, 2.75) is 20.5 Å². The highest BCUT2D eigenvalue weighted by Gasteiger charge is 2.17. The van der Waals surface area contributed by atoms with Gasteiger partial charge in [-0.15, -0.1) is 0 Å². The molecular formula is C11H11NO6. The van der Waals surface area contributed by atoms with E-state index >= 15 is 0 Å². The van der Waals surface area contributed by atoms with E-state index in [9.17, 15) is 19.7 Å². The number of benzene rings is 1. The topological polar surface area (TPSA) is 95.7 Å². The number of carbonyl (C=O) groups excluding carboxylic acids is 2. The lowest BCUT2D eigenvalue weighted by Crippen LogP contribution is -2.05. The summed E-state index contributed by atoms with van der Waals surface area (Å²) in [6.45, 7) is 2.35. The molecule has 0 bridgehead atoms. The molecule has 0 saturated carbocycles. The van der Waals surface area contributed by atoms with Crippen molar-refractivity contribution < 1.29 is 24.0 Å². The first-order chi connectivity index (χ1) is 8.40. The van der Waals surface area contributed by atoms with Gasteiger partial charge in [0.1, 0.15) is 6.61 Å². The molecule has 0 saturated heterocycles. The minimum atomic E-state index is -0.664. The molecule has 1 rings (SSSR count). The lowest BCUT2D eigenvalue weighted by Gasteiger charge is -2.06. The smallest absolute Gasteiger partial charge is 0.311 e. The van der Waals surface area contributed by atoms with Gasteiger partial charge in [0, 0.05) is 19.9 Å². The lowest BCUT2D eigenvalue weighted by molar-refractivity contribution is -0.385. The van der Waals surface area contributed by atoms with Crippen LogP contribution in [-0.2, 0) is 20.9 Å². The summed E-state index contributed by atoms with van der Waals surface area (Å²) in [5.41, 5.74) is 0.170. The molecule has 0 amide bonds. The van der Waals surface area contributed by atoms with Gasteiger partial charge in [0.2, 0.25) is 5.75 Å². The van der Waals surface area contributed by atoms with E-state index in [4.69, 9.17) is 9.47 Å². The Labute approximate surface area is 102 Å². The van der Waals surface area contributed by atoms with Gasteiger partial charge in [-0.25, -0.2) is 0 Å². The van der Waals surface area contributed by atoms with Crippen LogP contribution in [0.2, 0.25) is 0 Å². The predicted octanol–water partition coefficient (Wildman–Crippen LogP) is 1.58. The van der Waals surface area contributed by atoms with Gasteiger partial charge < -0.3 is 9.47 Å². The summed E-state index contributed by atoms with van der Waals surface area (Å²) in [4.78, 5) is 31.5. The maximum atomic E-state index is 10.8. The molecule has 1 aromatic rings. The first kappa shape index (κ1) is 13.6. The number of nitro groups is 1. The summed E-state index contributed by atoms with van der Waals surface area (Å²) in [7, 11) is 0. The number of carbonyl (C=O) groups is 2. The zero-order valence-corrected chi connectivity index (χ0v) is 9.84. The average Bonchev–Trinajstić information content (AvgIpc) is 2.25. The van der Waals surface area contributed by atoms with Crippen molar-refractivity contribution in [3.8, 4) is 5.75 Å². The Hall–Kier alpha value is -2.44. The second-order valence-corrected chi connectivity index (χ2v) is 3.43. The third-order valence-electron chi connectivity index (χ3n) is 1.92. The second kappa shape index (κ2) is 5.76. The average molecular weight is 253 g/mol. The molecule has 0 N–H and O–H groups in total. The molecule has 18 heavy (non-hydrogen) atoms. The largest absolute Gasteiger partial charge is 0.461 e. The molecule has 0 unspecified atom stereocenters. The third-order valence-corrected chi connectivity index (χ3v) is 1.92. The van der Waals surface area contributed by atoms with Crippen LogP contribution in [0.3, 0.4) is 0 Å². The number of ether oxygens (including phenoxy) is 2. The normalized spacial score (nSPS) is 9.67. The fourth-order valence-electron chi connectivity index (χ4n) is 1.22. The summed E-state index contributed by atoms with van der Waals surface area (Å²) < 4.78 is 9.47. The van der Waals surface area contributed by atoms with Crippen molar-refractivity contribution in [3.05, 3.63) is 33.9 Å². The summed E-state index contributed by atoms with van der Waals surface area (Å²) in [6, 6.07) is 3.91. The Morgan fingerprint density at radius 1 is 1.28 bits per heavy atom. The first-order valence-corrected chi connectivity index (χ1v) is 4.99. The molecule has 0 aliphatic heterocycles. The molecule has 0 fully saturated rings. The van der Waals surface area contributed by atoms with Crippen molar-refractivity contribution in [1.29, 1.82) is 0 Å². The Bertz CT molecular complexity index is 496. The van der Waals surface area contributed by atoms with Gasteiger partial charge in [-0.3, -0.25) is 19.7 Å². The Kier molecular flexibility index (Phi) is 4.36. The minimum Gasteiger partial charge on any atom is -0.461 e. The van der Waals surface area contributed by atoms with Crippen LogP contribution in [0.4, 0.5) is 5.69 Å². The molecular weight excluding hydrogens is 242 g/mol. The van der Waals surface area contributed by atoms with E-state index in [0.717, 1.165) is 6.92 Å². The number of nitro benzene ring substituents is 1. The monoisotopic (exact) mass is 253 g/mol. The quantitative estimate of drug-likeness (QED) is 0.350. The van der Waals surface area contributed by atoms with Crippen LogP contribution < -0.4 is 4.74 Å². The number of hydrogen-bond donors (Lipinski definition) is 0. The first-order valence-electron chi connectivity index (χ1n) is 4.99. The van der Waals surface area contributed by atoms with Gasteiger partial charge in [0.05, 0.1) is 4.92 Å². The molecule has 96 valence electrons. The van der Waals surface area contributed by atoms with E-state index in [2.05, 4.69) is 0 Å². The molecule has 7 nitrogen and oxygen atoms in total. The van der Waals surface area contributed by atoms with Gasteiger partial charge in [-0.1, -0.05) is 0 Å². The van der Waals surface area contributed by atoms with Crippen molar-refractivity contribution in [3.63, 3.8) is 0 Å². The van der Waals surface area contributed by atoms with Gasteiger partial charge in [-0.05, 0) is 17.7 Å². The van der Waals surface area contributed by atoms with Crippen molar-refractivity contribution in [2.24, 2.45) is 0 Å². The molecule has 7 heteroatoms. The van der Waals surface area contributed by atoms with Crippen LogP contribution in [0.5, 0.6) is 5.75 Å². The van der Waals surface area contributed by atoms with E-state index in [-0.39, 0.29) is 18.0 Å². The number of esters is 2. The summed E-state index contributed by atoms with van der Waals surface area (Å²) in [5.74, 6) is -1.30. The molecule has 0 heterocycles. The molecule has 0 aliphatic carbocycles. The number of nitrogens with zero attached hydrogens (tertiary/aromatic N) is 1. The van der Waals surface area contributed by atoms with Gasteiger partial charge in [-0.2, -0.15) is 0 Å². The zero-order chi connectivity index (χ0) is 13.7. The van der Waals surface area contributed by atoms with Crippen LogP contribution in [0.1, 0.15) is 19.4 Å². The van der Waals surface area contributed by atoms with E-state index in [1.807, 2.05) is 0 Å². The Balaban J connectivity index is 3.00. The minimum absolute atomic E-state index is 0.0401. The standard InChI is InChI=1S/C11H11NO6/c1-7(13)17-6-9-3-4-10(12(15)16)11(5-9)18-8(2)14/h3-5H,6H2,1-2H3. The number of rotatable bonds is 4. The maximum Gasteiger partial charge on any atom is 0.311 e. The van der Waals surface area contributed by atoms with Gasteiger partial charge in [0.25, 0.3) is 0 Å². The van der Waals surface area contributed by atoms with Crippen LogP contribution >= 0.6 is 0 Å². The molecule has 0 spiro atoms. The molecule has 0 aromatic heterocycles. The van der Waals surface area contributed by atoms with Crippen LogP contribution in [0, 0.1) is 10.1 Å². The fourth-order valence-corrected chi connectivity index (χ4v) is 1.22. The Morgan fingerprint density at radius 2 is 1.94 bits per heavy atom. The van der Waals surface area contributed by atoms with E-state index in [0.29, 0.717) is 5.56 Å². The summed E-state index contributed by atoms with van der Waals surface area (Å²) in [5, 5.41) is 10.7. The third kappa shape index (κ3) is 3.85. The van der Waals surface area contributed by atoms with Crippen molar-refractivity contribution in [2.75, 3.05) is 0 Å². The van der Waals surface area contributed by atoms with E-state index in [1.54, 1.807) is 0 Å². The Morgan fingerprint density at radius 3 is 2.44 bits per heavy atom. The van der Waals surface area contributed by atoms with Crippen LogP contribution in [0.15, 0.2) is 18.2 Å². The molecule has 0 aliphatic rings. The van der Waals surface area contributed by atoms with E-state index in [1.165, 1.54) is 25.1 Å². The van der Waals surface area contributed by atoms with Gasteiger partial charge >= 0.3 is 17.6 Å². The fraction of sp³-hybridized carbons (Fsp3) is 0.273. The predicted molar refractivity (Wildman–Crippen MR) is 59.9 cm³/mol. The highest BCUT2D eigenvalue weighted by molar-refractivity contribution is 5.71. The second-order valence-electron chi connectivity index (χ2n) is 3.43. The van der Waals surface area contributed by atoms with Crippen LogP contribution in [0.25, 0.3) is 0 Å². The molecule has 0 atom stereocenters. The summed E-state index contributed by atoms with van der Waals surface area (Å²) >= 11 is 0. The lowest BCUT2D eigenvalue weighted by atomic mass is 10.2. The highest BCUT2D eigenvalue weighted by Crippen LogP contribution is 2.28. The maximum absolute atomic E-state index is 10.8. The van der Waals surface area contributed by atoms with Crippen LogP contribution in [-0.4, -0.2) is 16.9 Å². The SMILES string of the molecule is CC(=O)OCc1ccc([N+](=O)[O-])c(OC(C)=O)c1. The molecule has 1 aromatic carbocycles.